The zero-order valence-corrected chi connectivity index (χ0v) is 18.1. The lowest BCUT2D eigenvalue weighted by Gasteiger charge is -2.27. The van der Waals surface area contributed by atoms with Gasteiger partial charge >= 0.3 is 0 Å². The highest BCUT2D eigenvalue weighted by molar-refractivity contribution is 14.0. The second-order valence-corrected chi connectivity index (χ2v) is 6.80. The summed E-state index contributed by atoms with van der Waals surface area (Å²) in [7, 11) is 0. The van der Waals surface area contributed by atoms with Crippen LogP contribution in [0.25, 0.3) is 10.8 Å². The third kappa shape index (κ3) is 5.76. The van der Waals surface area contributed by atoms with Crippen LogP contribution < -0.4 is 10.6 Å². The number of halogens is 1. The molecule has 6 nitrogen and oxygen atoms in total. The minimum atomic E-state index is -0.0113. The smallest absolute Gasteiger partial charge is 0.191 e. The largest absolute Gasteiger partial charge is 0.396 e. The van der Waals surface area contributed by atoms with Gasteiger partial charge in [0.05, 0.1) is 18.8 Å². The highest BCUT2D eigenvalue weighted by atomic mass is 127. The molecule has 0 bridgehead atoms. The van der Waals surface area contributed by atoms with Crippen molar-refractivity contribution in [1.82, 2.24) is 15.6 Å². The predicted molar refractivity (Wildman–Crippen MR) is 120 cm³/mol. The molecule has 3 N–H and O–H groups in total. The molecule has 0 amide bonds. The Morgan fingerprint density at radius 1 is 1.30 bits per heavy atom. The van der Waals surface area contributed by atoms with Crippen LogP contribution >= 0.6 is 24.0 Å². The number of benzene rings is 1. The van der Waals surface area contributed by atoms with Gasteiger partial charge in [-0.1, -0.05) is 24.3 Å². The van der Waals surface area contributed by atoms with E-state index in [2.05, 4.69) is 34.7 Å². The molecule has 2 heterocycles. The molecule has 0 saturated carbocycles. The second-order valence-electron chi connectivity index (χ2n) is 6.80. The molecule has 27 heavy (non-hydrogen) atoms. The second kappa shape index (κ2) is 10.8. The van der Waals surface area contributed by atoms with Crippen LogP contribution in [0.3, 0.4) is 0 Å². The number of pyridine rings is 1. The molecule has 1 aliphatic heterocycles. The van der Waals surface area contributed by atoms with E-state index in [9.17, 15) is 5.11 Å². The van der Waals surface area contributed by atoms with Crippen LogP contribution in [-0.2, 0) is 11.3 Å². The molecule has 0 spiro atoms. The van der Waals surface area contributed by atoms with E-state index < -0.39 is 0 Å². The summed E-state index contributed by atoms with van der Waals surface area (Å²) >= 11 is 0. The van der Waals surface area contributed by atoms with Gasteiger partial charge in [-0.2, -0.15) is 0 Å². The van der Waals surface area contributed by atoms with Gasteiger partial charge in [0, 0.05) is 43.3 Å². The minimum Gasteiger partial charge on any atom is -0.396 e. The first-order valence-electron chi connectivity index (χ1n) is 9.30. The molecule has 1 aromatic carbocycles. The van der Waals surface area contributed by atoms with Crippen LogP contribution in [-0.4, -0.2) is 49.0 Å². The predicted octanol–water partition coefficient (Wildman–Crippen LogP) is 2.70. The summed E-state index contributed by atoms with van der Waals surface area (Å²) in [4.78, 5) is 9.22. The van der Waals surface area contributed by atoms with Gasteiger partial charge in [0.2, 0.25) is 0 Å². The van der Waals surface area contributed by atoms with Crippen molar-refractivity contribution in [2.45, 2.75) is 26.3 Å². The first-order chi connectivity index (χ1) is 12.8. The fourth-order valence-electron chi connectivity index (χ4n) is 3.39. The van der Waals surface area contributed by atoms with Gasteiger partial charge in [0.15, 0.2) is 5.96 Å². The zero-order chi connectivity index (χ0) is 18.2. The Kier molecular flexibility index (Phi) is 8.72. The zero-order valence-electron chi connectivity index (χ0n) is 15.8. The van der Waals surface area contributed by atoms with Gasteiger partial charge in [-0.15, -0.1) is 24.0 Å². The van der Waals surface area contributed by atoms with Crippen LogP contribution in [0.2, 0.25) is 0 Å². The number of aromatic nitrogens is 1. The Hall–Kier alpha value is -1.45. The summed E-state index contributed by atoms with van der Waals surface area (Å²) < 4.78 is 5.56. The highest BCUT2D eigenvalue weighted by Gasteiger charge is 2.34. The molecular formula is C20H29IN4O2. The maximum Gasteiger partial charge on any atom is 0.191 e. The topological polar surface area (TPSA) is 78.8 Å². The van der Waals surface area contributed by atoms with Gasteiger partial charge in [-0.3, -0.25) is 4.98 Å². The summed E-state index contributed by atoms with van der Waals surface area (Å²) in [6, 6.07) is 10.3. The number of guanidine groups is 1. The Bertz CT molecular complexity index is 742. The van der Waals surface area contributed by atoms with Crippen molar-refractivity contribution in [3.05, 3.63) is 42.2 Å². The van der Waals surface area contributed by atoms with E-state index in [0.717, 1.165) is 49.6 Å². The molecule has 1 aromatic heterocycles. The van der Waals surface area contributed by atoms with Crippen molar-refractivity contribution in [1.29, 1.82) is 0 Å². The van der Waals surface area contributed by atoms with Crippen molar-refractivity contribution in [3.8, 4) is 0 Å². The van der Waals surface area contributed by atoms with Crippen molar-refractivity contribution in [2.24, 2.45) is 10.4 Å². The van der Waals surface area contributed by atoms with Crippen LogP contribution in [0.1, 0.15) is 25.5 Å². The van der Waals surface area contributed by atoms with E-state index in [1.54, 1.807) is 0 Å². The summed E-state index contributed by atoms with van der Waals surface area (Å²) in [6.45, 7) is 5.72. The van der Waals surface area contributed by atoms with Crippen LogP contribution in [0, 0.1) is 5.41 Å². The lowest BCUT2D eigenvalue weighted by molar-refractivity contribution is 0.127. The average Bonchev–Trinajstić information content (AvgIpc) is 3.13. The number of fused-ring (bicyclic) bond motifs is 1. The maximum absolute atomic E-state index is 9.38. The van der Waals surface area contributed by atoms with Crippen molar-refractivity contribution in [2.75, 3.05) is 32.9 Å². The summed E-state index contributed by atoms with van der Waals surface area (Å²) in [5.74, 6) is 0.770. The van der Waals surface area contributed by atoms with E-state index in [4.69, 9.17) is 9.73 Å². The quantitative estimate of drug-likeness (QED) is 0.320. The molecule has 1 aliphatic rings. The summed E-state index contributed by atoms with van der Waals surface area (Å²) in [5, 5.41) is 18.4. The van der Waals surface area contributed by atoms with E-state index in [0.29, 0.717) is 13.2 Å². The first-order valence-corrected chi connectivity index (χ1v) is 9.30. The van der Waals surface area contributed by atoms with E-state index in [-0.39, 0.29) is 36.0 Å². The van der Waals surface area contributed by atoms with Gasteiger partial charge in [-0.25, -0.2) is 4.99 Å². The lowest BCUT2D eigenvalue weighted by atomic mass is 9.84. The first kappa shape index (κ1) is 21.8. The molecule has 2 aromatic rings. The molecule has 3 rings (SSSR count). The molecule has 148 valence electrons. The maximum atomic E-state index is 9.38. The molecule has 7 heteroatoms. The number of aliphatic hydroxyl groups is 1. The fraction of sp³-hybridized carbons (Fsp3) is 0.500. The summed E-state index contributed by atoms with van der Waals surface area (Å²) in [5.41, 5.74) is 0.956. The number of hydrogen-bond donors (Lipinski definition) is 3. The third-order valence-corrected chi connectivity index (χ3v) is 4.95. The molecule has 0 radical (unpaired) electrons. The molecule has 1 saturated heterocycles. The van der Waals surface area contributed by atoms with Gasteiger partial charge in [-0.05, 0) is 31.2 Å². The standard InChI is InChI=1S/C20H28N4O2.HI/c1-2-21-19(24-14-20(8-11-25)9-12-26-15-20)23-13-18-17-6-4-3-5-16(17)7-10-22-18;/h3-7,10,25H,2,8-9,11-15H2,1H3,(H2,21,23,24);1H. The molecule has 1 unspecified atom stereocenters. The lowest BCUT2D eigenvalue weighted by Crippen LogP contribution is -2.44. The van der Waals surface area contributed by atoms with Crippen LogP contribution in [0.15, 0.2) is 41.5 Å². The number of nitrogens with zero attached hydrogens (tertiary/aromatic N) is 2. The number of aliphatic imine (C=N–C) groups is 1. The summed E-state index contributed by atoms with van der Waals surface area (Å²) in [6.07, 6.45) is 3.54. The number of nitrogens with one attached hydrogen (secondary N) is 2. The number of aliphatic hydroxyl groups excluding tert-OH is 1. The van der Waals surface area contributed by atoms with Crippen LogP contribution in [0.4, 0.5) is 0 Å². The van der Waals surface area contributed by atoms with E-state index in [1.165, 1.54) is 5.39 Å². The Morgan fingerprint density at radius 3 is 2.89 bits per heavy atom. The van der Waals surface area contributed by atoms with Gasteiger partial charge < -0.3 is 20.5 Å². The van der Waals surface area contributed by atoms with Crippen LogP contribution in [0.5, 0.6) is 0 Å². The number of hydrogen-bond acceptors (Lipinski definition) is 4. The molecule has 0 aliphatic carbocycles. The van der Waals surface area contributed by atoms with Crippen molar-refractivity contribution < 1.29 is 9.84 Å². The van der Waals surface area contributed by atoms with Gasteiger partial charge in [0.1, 0.15) is 0 Å². The fourth-order valence-corrected chi connectivity index (χ4v) is 3.39. The highest BCUT2D eigenvalue weighted by Crippen LogP contribution is 2.31. The number of rotatable bonds is 7. The Labute approximate surface area is 177 Å². The SMILES string of the molecule is CCNC(=NCc1nccc2ccccc12)NCC1(CCO)CCOC1.I. The average molecular weight is 484 g/mol. The Balaban J connectivity index is 0.00000261. The molecular weight excluding hydrogens is 455 g/mol. The van der Waals surface area contributed by atoms with Crippen molar-refractivity contribution >= 4 is 40.7 Å². The van der Waals surface area contributed by atoms with E-state index in [1.807, 2.05) is 24.4 Å². The van der Waals surface area contributed by atoms with Gasteiger partial charge in [0.25, 0.3) is 0 Å². The monoisotopic (exact) mass is 484 g/mol. The van der Waals surface area contributed by atoms with E-state index >= 15 is 0 Å². The third-order valence-electron chi connectivity index (χ3n) is 4.95. The number of ether oxygens (including phenoxy) is 1. The minimum absolute atomic E-state index is 0. The Morgan fingerprint density at radius 2 is 2.15 bits per heavy atom. The molecule has 1 fully saturated rings. The molecule has 1 atom stereocenters. The van der Waals surface area contributed by atoms with Crippen molar-refractivity contribution in [3.63, 3.8) is 0 Å². The normalized spacial score (nSPS) is 19.7.